The molecular formula is C19H29ClN4O2. The Labute approximate surface area is 161 Å². The van der Waals surface area contributed by atoms with E-state index >= 15 is 0 Å². The van der Waals surface area contributed by atoms with Gasteiger partial charge in [-0.05, 0) is 50.9 Å². The maximum atomic E-state index is 13.3. The van der Waals surface area contributed by atoms with Gasteiger partial charge in [-0.1, -0.05) is 6.07 Å². The lowest BCUT2D eigenvalue weighted by molar-refractivity contribution is -0.146. The average molecular weight is 381 g/mol. The number of aromatic nitrogens is 1. The summed E-state index contributed by atoms with van der Waals surface area (Å²) in [6, 6.07) is 6.04. The van der Waals surface area contributed by atoms with Crippen molar-refractivity contribution in [2.45, 2.75) is 44.7 Å². The number of amides is 2. The van der Waals surface area contributed by atoms with Crippen LogP contribution in [0.3, 0.4) is 0 Å². The molecule has 2 aliphatic rings. The van der Waals surface area contributed by atoms with Crippen molar-refractivity contribution in [1.82, 2.24) is 20.1 Å². The fraction of sp³-hybridized carbons (Fsp3) is 0.632. The quantitative estimate of drug-likeness (QED) is 0.865. The minimum Gasteiger partial charge on any atom is -0.346 e. The highest BCUT2D eigenvalue weighted by Gasteiger charge is 2.34. The lowest BCUT2D eigenvalue weighted by atomic mass is 9.93. The molecule has 0 spiro atoms. The van der Waals surface area contributed by atoms with Crippen LogP contribution in [0, 0.1) is 5.92 Å². The molecule has 3 heterocycles. The summed E-state index contributed by atoms with van der Waals surface area (Å²) in [4.78, 5) is 33.5. The summed E-state index contributed by atoms with van der Waals surface area (Å²) in [5, 5.41) is 3.41. The molecule has 0 bridgehead atoms. The van der Waals surface area contributed by atoms with Crippen LogP contribution in [0.4, 0.5) is 0 Å². The Morgan fingerprint density at radius 1 is 1.31 bits per heavy atom. The van der Waals surface area contributed by atoms with Gasteiger partial charge in [-0.15, -0.1) is 12.4 Å². The monoisotopic (exact) mass is 380 g/mol. The van der Waals surface area contributed by atoms with Gasteiger partial charge in [0.15, 0.2) is 0 Å². The van der Waals surface area contributed by atoms with E-state index in [-0.39, 0.29) is 36.2 Å². The van der Waals surface area contributed by atoms with Crippen LogP contribution in [0.5, 0.6) is 0 Å². The minimum atomic E-state index is -0.191. The molecule has 0 radical (unpaired) electrons. The van der Waals surface area contributed by atoms with Crippen molar-refractivity contribution in [2.24, 2.45) is 5.92 Å². The summed E-state index contributed by atoms with van der Waals surface area (Å²) < 4.78 is 0. The first-order valence-electron chi connectivity index (χ1n) is 9.30. The molecule has 1 N–H and O–H groups in total. The molecule has 0 aliphatic carbocycles. The Morgan fingerprint density at radius 3 is 2.88 bits per heavy atom. The van der Waals surface area contributed by atoms with Gasteiger partial charge < -0.3 is 15.1 Å². The third kappa shape index (κ3) is 5.17. The normalized spacial score (nSPS) is 23.7. The molecule has 2 saturated heterocycles. The van der Waals surface area contributed by atoms with Crippen LogP contribution < -0.4 is 5.32 Å². The van der Waals surface area contributed by atoms with Crippen LogP contribution in [-0.2, 0) is 16.1 Å². The van der Waals surface area contributed by atoms with Crippen molar-refractivity contribution in [2.75, 3.05) is 26.7 Å². The van der Waals surface area contributed by atoms with Crippen molar-refractivity contribution in [3.05, 3.63) is 30.1 Å². The predicted molar refractivity (Wildman–Crippen MR) is 103 cm³/mol. The van der Waals surface area contributed by atoms with Crippen LogP contribution >= 0.6 is 12.4 Å². The van der Waals surface area contributed by atoms with Gasteiger partial charge in [0, 0.05) is 38.2 Å². The summed E-state index contributed by atoms with van der Waals surface area (Å²) >= 11 is 0. The van der Waals surface area contributed by atoms with Crippen LogP contribution in [-0.4, -0.2) is 59.3 Å². The SMILES string of the molecule is CN1CCC(C(=O)N(Cc2ccccn2)C2CCCNCC2)CC1=O.Cl. The van der Waals surface area contributed by atoms with Gasteiger partial charge in [-0.25, -0.2) is 0 Å². The smallest absolute Gasteiger partial charge is 0.226 e. The number of likely N-dealkylation sites (tertiary alicyclic amines) is 1. The van der Waals surface area contributed by atoms with Crippen molar-refractivity contribution in [3.63, 3.8) is 0 Å². The highest BCUT2D eigenvalue weighted by Crippen LogP contribution is 2.24. The molecule has 2 amide bonds. The number of halogens is 1. The molecule has 26 heavy (non-hydrogen) atoms. The molecule has 3 rings (SSSR count). The molecule has 6 nitrogen and oxygen atoms in total. The van der Waals surface area contributed by atoms with Crippen LogP contribution in [0.1, 0.15) is 37.8 Å². The second-order valence-corrected chi connectivity index (χ2v) is 7.13. The van der Waals surface area contributed by atoms with Crippen molar-refractivity contribution < 1.29 is 9.59 Å². The summed E-state index contributed by atoms with van der Waals surface area (Å²) in [5.41, 5.74) is 0.910. The van der Waals surface area contributed by atoms with Gasteiger partial charge in [0.2, 0.25) is 11.8 Å². The number of carbonyl (C=O) groups excluding carboxylic acids is 2. The largest absolute Gasteiger partial charge is 0.346 e. The molecule has 2 aliphatic heterocycles. The number of nitrogens with zero attached hydrogens (tertiary/aromatic N) is 3. The van der Waals surface area contributed by atoms with E-state index in [1.54, 1.807) is 11.1 Å². The van der Waals surface area contributed by atoms with Crippen LogP contribution in [0.2, 0.25) is 0 Å². The topological polar surface area (TPSA) is 65.5 Å². The summed E-state index contributed by atoms with van der Waals surface area (Å²) in [5.74, 6) is 0.00699. The Kier molecular flexibility index (Phi) is 7.85. The summed E-state index contributed by atoms with van der Waals surface area (Å²) in [6.07, 6.45) is 5.89. The van der Waals surface area contributed by atoms with Gasteiger partial charge in [0.25, 0.3) is 0 Å². The number of hydrogen-bond acceptors (Lipinski definition) is 4. The zero-order valence-electron chi connectivity index (χ0n) is 15.4. The lowest BCUT2D eigenvalue weighted by Gasteiger charge is -2.36. The van der Waals surface area contributed by atoms with Crippen LogP contribution in [0.25, 0.3) is 0 Å². The molecule has 2 fully saturated rings. The highest BCUT2D eigenvalue weighted by molar-refractivity contribution is 5.87. The van der Waals surface area contributed by atoms with E-state index < -0.39 is 0 Å². The molecule has 1 aromatic rings. The number of pyridine rings is 1. The Morgan fingerprint density at radius 2 is 2.15 bits per heavy atom. The third-order valence-corrected chi connectivity index (χ3v) is 5.34. The van der Waals surface area contributed by atoms with E-state index in [1.165, 1.54) is 0 Å². The van der Waals surface area contributed by atoms with Crippen molar-refractivity contribution in [3.8, 4) is 0 Å². The summed E-state index contributed by atoms with van der Waals surface area (Å²) in [7, 11) is 1.81. The van der Waals surface area contributed by atoms with E-state index in [0.717, 1.165) is 44.5 Å². The molecule has 2 atom stereocenters. The average Bonchev–Trinajstić information content (AvgIpc) is 2.91. The number of nitrogens with one attached hydrogen (secondary N) is 1. The third-order valence-electron chi connectivity index (χ3n) is 5.34. The van der Waals surface area contributed by atoms with Crippen LogP contribution in [0.15, 0.2) is 24.4 Å². The predicted octanol–water partition coefficient (Wildman–Crippen LogP) is 1.84. The van der Waals surface area contributed by atoms with Crippen molar-refractivity contribution >= 4 is 24.2 Å². The Hall–Kier alpha value is -1.66. The second-order valence-electron chi connectivity index (χ2n) is 7.13. The van der Waals surface area contributed by atoms with E-state index in [9.17, 15) is 9.59 Å². The number of carbonyl (C=O) groups is 2. The Bertz CT molecular complexity index is 590. The first kappa shape index (κ1) is 20.6. The number of piperidine rings is 1. The maximum absolute atomic E-state index is 13.3. The highest BCUT2D eigenvalue weighted by atomic mass is 35.5. The van der Waals surface area contributed by atoms with Gasteiger partial charge in [-0.2, -0.15) is 0 Å². The molecule has 0 aromatic carbocycles. The number of hydrogen-bond donors (Lipinski definition) is 1. The van der Waals surface area contributed by atoms with E-state index in [1.807, 2.05) is 30.1 Å². The van der Waals surface area contributed by atoms with Gasteiger partial charge in [-0.3, -0.25) is 14.6 Å². The molecule has 0 saturated carbocycles. The van der Waals surface area contributed by atoms with E-state index in [0.29, 0.717) is 19.5 Å². The summed E-state index contributed by atoms with van der Waals surface area (Å²) in [6.45, 7) is 3.14. The first-order valence-corrected chi connectivity index (χ1v) is 9.30. The standard InChI is InChI=1S/C19H28N4O2.ClH/c1-22-12-8-15(13-18(22)24)19(25)23(14-16-5-2-3-10-21-16)17-6-4-9-20-11-7-17;/h2-3,5,10,15,17,20H,4,6-9,11-14H2,1H3;1H. The first-order chi connectivity index (χ1) is 12.1. The molecule has 2 unspecified atom stereocenters. The van der Waals surface area contributed by atoms with E-state index in [4.69, 9.17) is 0 Å². The van der Waals surface area contributed by atoms with E-state index in [2.05, 4.69) is 10.3 Å². The number of rotatable bonds is 4. The zero-order chi connectivity index (χ0) is 17.6. The van der Waals surface area contributed by atoms with Gasteiger partial charge in [0.1, 0.15) is 0 Å². The maximum Gasteiger partial charge on any atom is 0.226 e. The van der Waals surface area contributed by atoms with Gasteiger partial charge in [0.05, 0.1) is 12.2 Å². The molecule has 1 aromatic heterocycles. The van der Waals surface area contributed by atoms with Gasteiger partial charge >= 0.3 is 0 Å². The molecule has 7 heteroatoms. The fourth-order valence-electron chi connectivity index (χ4n) is 3.75. The molecular weight excluding hydrogens is 352 g/mol. The fourth-order valence-corrected chi connectivity index (χ4v) is 3.75. The van der Waals surface area contributed by atoms with Crippen molar-refractivity contribution in [1.29, 1.82) is 0 Å². The Balaban J connectivity index is 0.00000243. The molecule has 144 valence electrons. The zero-order valence-corrected chi connectivity index (χ0v) is 16.2. The second kappa shape index (κ2) is 9.88. The minimum absolute atomic E-state index is 0. The lowest BCUT2D eigenvalue weighted by Crippen LogP contribution is -2.47.